The van der Waals surface area contributed by atoms with Gasteiger partial charge in [-0.2, -0.15) is 0 Å². The zero-order chi connectivity index (χ0) is 23.6. The van der Waals surface area contributed by atoms with Gasteiger partial charge in [0, 0.05) is 31.8 Å². The van der Waals surface area contributed by atoms with Crippen molar-refractivity contribution in [2.45, 2.75) is 12.5 Å². The number of rotatable bonds is 7. The molecule has 0 saturated carbocycles. The number of carbonyl (C=O) groups excluding carboxylic acids is 4. The maximum Gasteiger partial charge on any atom is 0.327 e. The third kappa shape index (κ3) is 3.39. The molecule has 1 aliphatic heterocycles. The molecule has 2 atom stereocenters. The van der Waals surface area contributed by atoms with E-state index in [4.69, 9.17) is 4.74 Å². The van der Waals surface area contributed by atoms with Gasteiger partial charge >= 0.3 is 12.0 Å². The summed E-state index contributed by atoms with van der Waals surface area (Å²) in [4.78, 5) is 65.3. The molecule has 3 rings (SSSR count). The molecule has 2 aromatic rings. The third-order valence-corrected chi connectivity index (χ3v) is 5.51. The summed E-state index contributed by atoms with van der Waals surface area (Å²) in [7, 11) is 2.61. The number of ketones is 1. The minimum atomic E-state index is -1.99. The maximum atomic E-state index is 13.6. The number of nitro benzene ring substituents is 1. The number of imide groups is 1. The lowest BCUT2D eigenvalue weighted by Gasteiger charge is -2.38. The van der Waals surface area contributed by atoms with E-state index in [1.807, 2.05) is 0 Å². The number of benzene rings is 2. The zero-order valence-electron chi connectivity index (χ0n) is 17.7. The van der Waals surface area contributed by atoms with Gasteiger partial charge in [-0.15, -0.1) is 0 Å². The van der Waals surface area contributed by atoms with Gasteiger partial charge in [-0.1, -0.05) is 30.3 Å². The summed E-state index contributed by atoms with van der Waals surface area (Å²) >= 11 is 0. The number of urea groups is 1. The number of likely N-dealkylation sites (N-methyl/N-ethyl adjacent to an activating group) is 2. The van der Waals surface area contributed by atoms with Gasteiger partial charge in [0.1, 0.15) is 0 Å². The van der Waals surface area contributed by atoms with E-state index in [-0.39, 0.29) is 23.4 Å². The van der Waals surface area contributed by atoms with Crippen molar-refractivity contribution in [1.29, 1.82) is 0 Å². The molecule has 2 aromatic carbocycles. The van der Waals surface area contributed by atoms with E-state index in [0.717, 1.165) is 21.9 Å². The molecule has 32 heavy (non-hydrogen) atoms. The number of carbonyl (C=O) groups is 4. The highest BCUT2D eigenvalue weighted by Crippen LogP contribution is 2.44. The molecule has 0 radical (unpaired) electrons. The van der Waals surface area contributed by atoms with Crippen molar-refractivity contribution in [3.8, 4) is 0 Å². The summed E-state index contributed by atoms with van der Waals surface area (Å²) in [5.74, 6) is -4.28. The molecule has 0 spiro atoms. The predicted molar refractivity (Wildman–Crippen MR) is 112 cm³/mol. The summed E-state index contributed by atoms with van der Waals surface area (Å²) in [5, 5.41) is 11.0. The molecule has 1 saturated heterocycles. The molecular formula is C22H21N3O7. The Kier molecular flexibility index (Phi) is 6.06. The monoisotopic (exact) mass is 439 g/mol. The second-order valence-corrected chi connectivity index (χ2v) is 7.19. The molecule has 0 bridgehead atoms. The molecular weight excluding hydrogens is 418 g/mol. The number of non-ortho nitro benzene ring substituents is 1. The molecule has 3 amide bonds. The highest BCUT2D eigenvalue weighted by atomic mass is 16.6. The molecule has 0 aliphatic carbocycles. The van der Waals surface area contributed by atoms with E-state index < -0.39 is 40.1 Å². The van der Waals surface area contributed by atoms with Crippen LogP contribution in [0.5, 0.6) is 0 Å². The number of nitrogens with zero attached hydrogens (tertiary/aromatic N) is 3. The number of amides is 3. The summed E-state index contributed by atoms with van der Waals surface area (Å²) in [6, 6.07) is 12.0. The minimum Gasteiger partial charge on any atom is -0.465 e. The van der Waals surface area contributed by atoms with Crippen LogP contribution in [0.15, 0.2) is 54.6 Å². The average molecular weight is 439 g/mol. The van der Waals surface area contributed by atoms with Crippen LogP contribution in [-0.4, -0.2) is 59.1 Å². The highest BCUT2D eigenvalue weighted by Gasteiger charge is 2.64. The van der Waals surface area contributed by atoms with Crippen LogP contribution in [0.2, 0.25) is 0 Å². The van der Waals surface area contributed by atoms with Crippen LogP contribution in [0.4, 0.5) is 10.5 Å². The Morgan fingerprint density at radius 3 is 2.12 bits per heavy atom. The minimum absolute atomic E-state index is 0.0350. The van der Waals surface area contributed by atoms with E-state index in [1.165, 1.54) is 26.2 Å². The Balaban J connectivity index is 2.26. The van der Waals surface area contributed by atoms with Crippen LogP contribution >= 0.6 is 0 Å². The van der Waals surface area contributed by atoms with Crippen LogP contribution in [-0.2, 0) is 19.9 Å². The third-order valence-electron chi connectivity index (χ3n) is 5.51. The number of Topliss-reactive ketones (excluding diaryl/α,β-unsaturated/α-hetero) is 1. The van der Waals surface area contributed by atoms with Gasteiger partial charge in [-0.3, -0.25) is 29.4 Å². The fourth-order valence-electron chi connectivity index (χ4n) is 3.96. The van der Waals surface area contributed by atoms with Gasteiger partial charge in [0.15, 0.2) is 17.2 Å². The first kappa shape index (κ1) is 22.6. The van der Waals surface area contributed by atoms with Crippen LogP contribution in [0.3, 0.4) is 0 Å². The van der Waals surface area contributed by atoms with E-state index in [1.54, 1.807) is 37.3 Å². The van der Waals surface area contributed by atoms with Gasteiger partial charge in [0.05, 0.1) is 11.5 Å². The standard InChI is InChI=1S/C22H21N3O7/c1-4-32-19(27)17(18(26)14-10-12-16(13-11-14)25(30)31)22(15-8-6-5-7-9-15)20(28)23(2)21(29)24(22)3/h5-13,17H,4H2,1-3H3. The second-order valence-electron chi connectivity index (χ2n) is 7.19. The van der Waals surface area contributed by atoms with E-state index >= 15 is 0 Å². The number of hydrogen-bond donors (Lipinski definition) is 0. The molecule has 1 heterocycles. The fourth-order valence-corrected chi connectivity index (χ4v) is 3.96. The van der Waals surface area contributed by atoms with Crippen molar-refractivity contribution in [1.82, 2.24) is 9.80 Å². The predicted octanol–water partition coefficient (Wildman–Crippen LogP) is 2.38. The Morgan fingerprint density at radius 2 is 1.66 bits per heavy atom. The number of ether oxygens (including phenoxy) is 1. The molecule has 0 aromatic heterocycles. The number of esters is 1. The number of hydrogen-bond acceptors (Lipinski definition) is 7. The topological polar surface area (TPSA) is 127 Å². The van der Waals surface area contributed by atoms with Crippen LogP contribution in [0.25, 0.3) is 0 Å². The normalized spacial score (nSPS) is 19.1. The van der Waals surface area contributed by atoms with Crippen molar-refractivity contribution >= 4 is 29.4 Å². The van der Waals surface area contributed by atoms with E-state index in [0.29, 0.717) is 0 Å². The summed E-state index contributed by atoms with van der Waals surface area (Å²) < 4.78 is 5.16. The molecule has 166 valence electrons. The molecule has 1 fully saturated rings. The van der Waals surface area contributed by atoms with E-state index in [9.17, 15) is 29.3 Å². The first-order valence-electron chi connectivity index (χ1n) is 9.74. The Labute approximate surface area is 183 Å². The number of nitro groups is 1. The van der Waals surface area contributed by atoms with Gasteiger partial charge in [0.25, 0.3) is 11.6 Å². The SMILES string of the molecule is CCOC(=O)C(C(=O)c1ccc([N+](=O)[O-])cc1)C1(c2ccccc2)C(=O)N(C)C(=O)N1C. The summed E-state index contributed by atoms with van der Waals surface area (Å²) in [6.45, 7) is 1.49. The van der Waals surface area contributed by atoms with E-state index in [2.05, 4.69) is 0 Å². The fraction of sp³-hybridized carbons (Fsp3) is 0.273. The molecule has 0 N–H and O–H groups in total. The van der Waals surface area contributed by atoms with Crippen molar-refractivity contribution in [3.63, 3.8) is 0 Å². The van der Waals surface area contributed by atoms with Gasteiger partial charge in [-0.25, -0.2) is 4.79 Å². The van der Waals surface area contributed by atoms with Crippen LogP contribution in [0.1, 0.15) is 22.8 Å². The highest BCUT2D eigenvalue weighted by molar-refractivity contribution is 6.18. The van der Waals surface area contributed by atoms with Crippen molar-refractivity contribution in [2.24, 2.45) is 5.92 Å². The van der Waals surface area contributed by atoms with Gasteiger partial charge in [0.2, 0.25) is 0 Å². The molecule has 10 nitrogen and oxygen atoms in total. The Hall–Kier alpha value is -4.08. The largest absolute Gasteiger partial charge is 0.465 e. The quantitative estimate of drug-likeness (QED) is 0.162. The zero-order valence-corrected chi connectivity index (χ0v) is 17.7. The van der Waals surface area contributed by atoms with Crippen molar-refractivity contribution in [2.75, 3.05) is 20.7 Å². The van der Waals surface area contributed by atoms with Crippen molar-refractivity contribution in [3.05, 3.63) is 75.8 Å². The van der Waals surface area contributed by atoms with Crippen LogP contribution < -0.4 is 0 Å². The van der Waals surface area contributed by atoms with Gasteiger partial charge in [-0.05, 0) is 24.6 Å². The smallest absolute Gasteiger partial charge is 0.327 e. The first-order valence-corrected chi connectivity index (χ1v) is 9.74. The van der Waals surface area contributed by atoms with Gasteiger partial charge < -0.3 is 9.64 Å². The lowest BCUT2D eigenvalue weighted by atomic mass is 9.73. The summed E-state index contributed by atoms with van der Waals surface area (Å²) in [6.07, 6.45) is 0. The maximum absolute atomic E-state index is 13.6. The lowest BCUT2D eigenvalue weighted by Crippen LogP contribution is -2.56. The summed E-state index contributed by atoms with van der Waals surface area (Å²) in [5.41, 5.74) is -2.00. The lowest BCUT2D eigenvalue weighted by molar-refractivity contribution is -0.384. The average Bonchev–Trinajstić information content (AvgIpc) is 2.96. The first-order chi connectivity index (χ1) is 15.2. The molecule has 1 aliphatic rings. The Bertz CT molecular complexity index is 1080. The second kappa shape index (κ2) is 8.58. The van der Waals surface area contributed by atoms with Crippen LogP contribution in [0, 0.1) is 16.0 Å². The molecule has 10 heteroatoms. The Morgan fingerprint density at radius 1 is 1.06 bits per heavy atom. The van der Waals surface area contributed by atoms with Crippen molar-refractivity contribution < 1.29 is 28.8 Å². The molecule has 2 unspecified atom stereocenters.